The molecule has 0 aliphatic rings. The lowest BCUT2D eigenvalue weighted by atomic mass is 10.0. The van der Waals surface area contributed by atoms with Gasteiger partial charge in [0, 0.05) is 11.1 Å². The molecule has 0 saturated carbocycles. The van der Waals surface area contributed by atoms with Crippen molar-refractivity contribution in [3.63, 3.8) is 0 Å². The van der Waals surface area contributed by atoms with Crippen LogP contribution in [0.15, 0.2) is 94.7 Å². The summed E-state index contributed by atoms with van der Waals surface area (Å²) in [6.07, 6.45) is 17.2. The maximum Gasteiger partial charge on any atom is 0.294 e. The van der Waals surface area contributed by atoms with E-state index in [2.05, 4.69) is 17.0 Å². The molecule has 0 unspecified atom stereocenters. The highest BCUT2D eigenvalue weighted by Gasteiger charge is 2.20. The molecule has 0 bridgehead atoms. The highest BCUT2D eigenvalue weighted by molar-refractivity contribution is 7.92. The van der Waals surface area contributed by atoms with E-state index in [1.807, 2.05) is 30.3 Å². The Bertz CT molecular complexity index is 1890. The number of nitrogens with one attached hydrogen (secondary N) is 2. The number of benzene rings is 4. The first-order valence-corrected chi connectivity index (χ1v) is 20.7. The molecule has 270 valence electrons. The minimum Gasteiger partial charge on any atom is -0.493 e. The fourth-order valence-corrected chi connectivity index (χ4v) is 7.47. The number of amides is 1. The molecular weight excluding hydrogens is 673 g/mol. The van der Waals surface area contributed by atoms with Gasteiger partial charge in [0.05, 0.1) is 27.6 Å². The fourth-order valence-electron chi connectivity index (χ4n) is 5.89. The minimum atomic E-state index is -4.57. The summed E-state index contributed by atoms with van der Waals surface area (Å²) in [6.45, 7) is 2.59. The van der Waals surface area contributed by atoms with E-state index in [0.717, 1.165) is 36.1 Å². The van der Waals surface area contributed by atoms with E-state index in [-0.39, 0.29) is 21.9 Å². The van der Waals surface area contributed by atoms with Crippen molar-refractivity contribution >= 4 is 48.2 Å². The lowest BCUT2D eigenvalue weighted by Crippen LogP contribution is -2.16. The number of hydrogen-bond donors (Lipinski definition) is 3. The predicted molar refractivity (Wildman–Crippen MR) is 201 cm³/mol. The van der Waals surface area contributed by atoms with Crippen molar-refractivity contribution in [3.8, 4) is 5.75 Å². The molecule has 4 aromatic carbocycles. The third-order valence-corrected chi connectivity index (χ3v) is 10.9. The summed E-state index contributed by atoms with van der Waals surface area (Å²) in [5, 5.41) is 4.33. The van der Waals surface area contributed by atoms with Crippen LogP contribution in [0, 0.1) is 0 Å². The Labute approximate surface area is 297 Å². The summed E-state index contributed by atoms with van der Waals surface area (Å²) in [4.78, 5) is 12.9. The summed E-state index contributed by atoms with van der Waals surface area (Å²) in [5.74, 6) is -0.487. The number of rotatable bonds is 22. The van der Waals surface area contributed by atoms with E-state index in [4.69, 9.17) is 4.74 Å². The first-order valence-electron chi connectivity index (χ1n) is 17.7. The lowest BCUT2D eigenvalue weighted by molar-refractivity contribution is 0.102. The van der Waals surface area contributed by atoms with Crippen LogP contribution >= 0.6 is 0 Å². The smallest absolute Gasteiger partial charge is 0.294 e. The van der Waals surface area contributed by atoms with Crippen molar-refractivity contribution in [3.05, 3.63) is 90.5 Å². The van der Waals surface area contributed by atoms with Crippen LogP contribution < -0.4 is 14.8 Å². The van der Waals surface area contributed by atoms with Crippen molar-refractivity contribution in [2.75, 3.05) is 16.6 Å². The van der Waals surface area contributed by atoms with E-state index in [9.17, 15) is 26.2 Å². The SMILES string of the molecule is CCCCCCCCCCCCCCCCOc1ccc(S(=O)(=O)O)cc1C(=O)Nc1ccc(S(=O)(=O)Nc2cccc3ccccc23)cc1. The number of sulfonamides is 1. The van der Waals surface area contributed by atoms with Crippen molar-refractivity contribution in [1.82, 2.24) is 0 Å². The zero-order valence-electron chi connectivity index (χ0n) is 28.9. The van der Waals surface area contributed by atoms with Crippen LogP contribution in [0.1, 0.15) is 107 Å². The minimum absolute atomic E-state index is 0.00556. The van der Waals surface area contributed by atoms with Crippen molar-refractivity contribution in [2.45, 2.75) is 107 Å². The van der Waals surface area contributed by atoms with Gasteiger partial charge in [0.2, 0.25) is 0 Å². The van der Waals surface area contributed by atoms with Crippen LogP contribution in [0.5, 0.6) is 5.75 Å². The molecule has 9 nitrogen and oxygen atoms in total. The van der Waals surface area contributed by atoms with Gasteiger partial charge in [-0.3, -0.25) is 14.1 Å². The standard InChI is InChI=1S/C39H50N2O7S2/c1-2-3-4-5-6-7-8-9-10-11-12-13-14-17-29-48-38-28-27-34(50(45,46)47)30-36(38)39(42)40-32-23-25-33(26-24-32)49(43,44)41-37-22-18-20-31-19-15-16-21-35(31)37/h15-16,18-28,30,41H,2-14,17,29H2,1H3,(H,40,42)(H,45,46,47). The van der Waals surface area contributed by atoms with Crippen molar-refractivity contribution in [1.29, 1.82) is 0 Å². The first-order chi connectivity index (χ1) is 24.1. The second kappa shape index (κ2) is 19.5. The van der Waals surface area contributed by atoms with Crippen LogP contribution in [0.3, 0.4) is 0 Å². The van der Waals surface area contributed by atoms with E-state index >= 15 is 0 Å². The molecule has 50 heavy (non-hydrogen) atoms. The van der Waals surface area contributed by atoms with Gasteiger partial charge >= 0.3 is 0 Å². The Morgan fingerprint density at radius 2 is 1.22 bits per heavy atom. The van der Waals surface area contributed by atoms with E-state index in [1.165, 1.54) is 107 Å². The second-order valence-electron chi connectivity index (χ2n) is 12.7. The second-order valence-corrected chi connectivity index (χ2v) is 15.8. The fraction of sp³-hybridized carbons (Fsp3) is 0.410. The first kappa shape index (κ1) is 38.9. The zero-order chi connectivity index (χ0) is 35.8. The normalized spacial score (nSPS) is 11.8. The van der Waals surface area contributed by atoms with Crippen molar-refractivity contribution in [2.24, 2.45) is 0 Å². The molecule has 4 aromatic rings. The third-order valence-electron chi connectivity index (χ3n) is 8.71. The molecule has 0 spiro atoms. The van der Waals surface area contributed by atoms with Crippen molar-refractivity contribution < 1.29 is 30.9 Å². The van der Waals surface area contributed by atoms with E-state index in [1.54, 1.807) is 12.1 Å². The number of anilines is 2. The summed E-state index contributed by atoms with van der Waals surface area (Å²) in [6, 6.07) is 22.0. The molecule has 3 N–H and O–H groups in total. The van der Waals surface area contributed by atoms with Crippen LogP contribution in [-0.4, -0.2) is 33.9 Å². The summed E-state index contributed by atoms with van der Waals surface area (Å²) >= 11 is 0. The van der Waals surface area contributed by atoms with Gasteiger partial charge in [0.25, 0.3) is 26.0 Å². The maximum absolute atomic E-state index is 13.3. The topological polar surface area (TPSA) is 139 Å². The molecule has 0 atom stereocenters. The van der Waals surface area contributed by atoms with Gasteiger partial charge in [-0.05, 0) is 60.3 Å². The van der Waals surface area contributed by atoms with E-state index < -0.39 is 30.9 Å². The van der Waals surface area contributed by atoms with Gasteiger partial charge in [-0.1, -0.05) is 127 Å². The molecule has 0 aromatic heterocycles. The summed E-state index contributed by atoms with van der Waals surface area (Å²) < 4.78 is 68.1. The molecule has 4 rings (SSSR count). The van der Waals surface area contributed by atoms with Gasteiger partial charge in [0.1, 0.15) is 5.75 Å². The molecule has 0 fully saturated rings. The number of unbranched alkanes of at least 4 members (excludes halogenated alkanes) is 13. The van der Waals surface area contributed by atoms with E-state index in [0.29, 0.717) is 12.3 Å². The molecule has 1 amide bonds. The Kier molecular flexibility index (Phi) is 15.1. The summed E-state index contributed by atoms with van der Waals surface area (Å²) in [5.41, 5.74) is 0.662. The Balaban J connectivity index is 1.28. The molecule has 0 aliphatic heterocycles. The maximum atomic E-state index is 13.3. The monoisotopic (exact) mass is 722 g/mol. The molecule has 0 heterocycles. The van der Waals surface area contributed by atoms with Crippen LogP contribution in [0.4, 0.5) is 11.4 Å². The molecule has 0 radical (unpaired) electrons. The number of fused-ring (bicyclic) bond motifs is 1. The number of carbonyl (C=O) groups excluding carboxylic acids is 1. The Morgan fingerprint density at radius 1 is 0.660 bits per heavy atom. The number of ether oxygens (including phenoxy) is 1. The molecule has 0 aliphatic carbocycles. The highest BCUT2D eigenvalue weighted by atomic mass is 32.2. The Hall–Kier alpha value is -3.93. The van der Waals surface area contributed by atoms with Crippen LogP contribution in [0.2, 0.25) is 0 Å². The van der Waals surface area contributed by atoms with Gasteiger partial charge < -0.3 is 10.1 Å². The van der Waals surface area contributed by atoms with Crippen LogP contribution in [0.25, 0.3) is 10.8 Å². The molecular formula is C39H50N2O7S2. The Morgan fingerprint density at radius 3 is 1.84 bits per heavy atom. The lowest BCUT2D eigenvalue weighted by Gasteiger charge is -2.14. The molecule has 11 heteroatoms. The molecule has 0 saturated heterocycles. The van der Waals surface area contributed by atoms with Gasteiger partial charge in [-0.2, -0.15) is 8.42 Å². The van der Waals surface area contributed by atoms with Gasteiger partial charge in [0.15, 0.2) is 0 Å². The largest absolute Gasteiger partial charge is 0.493 e. The quantitative estimate of drug-likeness (QED) is 0.0542. The number of carbonyl (C=O) groups is 1. The van der Waals surface area contributed by atoms with Crippen LogP contribution in [-0.2, 0) is 20.1 Å². The average molecular weight is 723 g/mol. The summed E-state index contributed by atoms with van der Waals surface area (Å²) in [7, 11) is -8.51. The highest BCUT2D eigenvalue weighted by Crippen LogP contribution is 2.28. The zero-order valence-corrected chi connectivity index (χ0v) is 30.5. The predicted octanol–water partition coefficient (Wildman–Crippen LogP) is 10.00. The average Bonchev–Trinajstić information content (AvgIpc) is 3.10. The van der Waals surface area contributed by atoms with Gasteiger partial charge in [-0.15, -0.1) is 0 Å². The number of hydrogen-bond acceptors (Lipinski definition) is 6. The van der Waals surface area contributed by atoms with Gasteiger partial charge in [-0.25, -0.2) is 8.42 Å². The third kappa shape index (κ3) is 12.1.